The van der Waals surface area contributed by atoms with Gasteiger partial charge in [-0.1, -0.05) is 0 Å². The molecule has 8 nitrogen and oxygen atoms in total. The molecule has 2 fully saturated rings. The van der Waals surface area contributed by atoms with Gasteiger partial charge in [-0.3, -0.25) is 9.69 Å². The summed E-state index contributed by atoms with van der Waals surface area (Å²) in [5.74, 6) is 2.46. The number of nitrogens with zero attached hydrogens (tertiary/aromatic N) is 6. The molecule has 2 aromatic heterocycles. The van der Waals surface area contributed by atoms with Gasteiger partial charge in [-0.25, -0.2) is 4.98 Å². The minimum atomic E-state index is -0.0795. The van der Waals surface area contributed by atoms with E-state index >= 15 is 0 Å². The number of oxazole rings is 1. The Labute approximate surface area is 153 Å². The third-order valence-electron chi connectivity index (χ3n) is 5.58. The van der Waals surface area contributed by atoms with Gasteiger partial charge in [0.25, 0.3) is 5.91 Å². The van der Waals surface area contributed by atoms with E-state index in [1.165, 1.54) is 19.2 Å². The summed E-state index contributed by atoms with van der Waals surface area (Å²) in [6.07, 6.45) is 5.85. The van der Waals surface area contributed by atoms with E-state index in [0.29, 0.717) is 18.0 Å². The standard InChI is InChI=1S/C18H26N6O2/c1-13-16(26-12-19-13)18(25)24-9-5-6-14(10-24)17-21-20-15(22(17)2)11-23-7-3-4-8-23/h12,14H,3-11H2,1-2H3. The molecule has 2 aromatic rings. The Morgan fingerprint density at radius 1 is 1.23 bits per heavy atom. The first-order chi connectivity index (χ1) is 12.6. The molecule has 4 rings (SSSR count). The van der Waals surface area contributed by atoms with Crippen LogP contribution >= 0.6 is 0 Å². The van der Waals surface area contributed by atoms with E-state index in [4.69, 9.17) is 4.42 Å². The van der Waals surface area contributed by atoms with Crippen molar-refractivity contribution < 1.29 is 9.21 Å². The van der Waals surface area contributed by atoms with Crippen molar-refractivity contribution in [2.24, 2.45) is 7.05 Å². The number of piperidine rings is 1. The minimum absolute atomic E-state index is 0.0795. The molecule has 1 unspecified atom stereocenters. The molecule has 1 amide bonds. The van der Waals surface area contributed by atoms with Gasteiger partial charge in [0.15, 0.2) is 6.39 Å². The van der Waals surface area contributed by atoms with E-state index in [1.54, 1.807) is 6.92 Å². The second-order valence-corrected chi connectivity index (χ2v) is 7.37. The van der Waals surface area contributed by atoms with Crippen LogP contribution in [0, 0.1) is 6.92 Å². The summed E-state index contributed by atoms with van der Waals surface area (Å²) in [5, 5.41) is 8.90. The lowest BCUT2D eigenvalue weighted by atomic mass is 9.97. The number of amides is 1. The highest BCUT2D eigenvalue weighted by molar-refractivity contribution is 5.92. The summed E-state index contributed by atoms with van der Waals surface area (Å²) >= 11 is 0. The average molecular weight is 358 g/mol. The van der Waals surface area contributed by atoms with E-state index < -0.39 is 0 Å². The van der Waals surface area contributed by atoms with Crippen molar-refractivity contribution in [3.63, 3.8) is 0 Å². The fourth-order valence-corrected chi connectivity index (χ4v) is 4.03. The van der Waals surface area contributed by atoms with Crippen LogP contribution in [0.2, 0.25) is 0 Å². The molecule has 0 aromatic carbocycles. The maximum atomic E-state index is 12.7. The number of aromatic nitrogens is 4. The lowest BCUT2D eigenvalue weighted by Gasteiger charge is -2.31. The van der Waals surface area contributed by atoms with E-state index in [-0.39, 0.29) is 11.8 Å². The van der Waals surface area contributed by atoms with Crippen molar-refractivity contribution in [1.82, 2.24) is 29.5 Å². The van der Waals surface area contributed by atoms with Crippen LogP contribution in [-0.4, -0.2) is 61.6 Å². The SMILES string of the molecule is Cc1ncoc1C(=O)N1CCCC(c2nnc(CN3CCCC3)n2C)C1. The summed E-state index contributed by atoms with van der Waals surface area (Å²) in [4.78, 5) is 21.0. The zero-order chi connectivity index (χ0) is 18.1. The Hall–Kier alpha value is -2.22. The third kappa shape index (κ3) is 3.25. The van der Waals surface area contributed by atoms with Crippen molar-refractivity contribution in [2.45, 2.75) is 45.1 Å². The van der Waals surface area contributed by atoms with Crippen LogP contribution in [0.1, 0.15) is 59.5 Å². The van der Waals surface area contributed by atoms with Crippen LogP contribution in [0.3, 0.4) is 0 Å². The first kappa shape index (κ1) is 17.2. The number of hydrogen-bond donors (Lipinski definition) is 0. The number of aryl methyl sites for hydroxylation is 1. The topological polar surface area (TPSA) is 80.3 Å². The van der Waals surface area contributed by atoms with Gasteiger partial charge in [-0.05, 0) is 45.7 Å². The van der Waals surface area contributed by atoms with Crippen molar-refractivity contribution in [3.8, 4) is 0 Å². The molecule has 2 aliphatic rings. The van der Waals surface area contributed by atoms with Crippen LogP contribution in [0.25, 0.3) is 0 Å². The average Bonchev–Trinajstić information content (AvgIpc) is 3.38. The van der Waals surface area contributed by atoms with Crippen LogP contribution in [0.15, 0.2) is 10.8 Å². The number of carbonyl (C=O) groups excluding carboxylic acids is 1. The largest absolute Gasteiger partial charge is 0.438 e. The van der Waals surface area contributed by atoms with Crippen molar-refractivity contribution in [2.75, 3.05) is 26.2 Å². The van der Waals surface area contributed by atoms with Gasteiger partial charge in [0, 0.05) is 26.1 Å². The van der Waals surface area contributed by atoms with Crippen LogP contribution in [-0.2, 0) is 13.6 Å². The first-order valence-corrected chi connectivity index (χ1v) is 9.43. The molecular formula is C18H26N6O2. The molecule has 2 aliphatic heterocycles. The van der Waals surface area contributed by atoms with E-state index in [9.17, 15) is 4.79 Å². The van der Waals surface area contributed by atoms with Gasteiger partial charge < -0.3 is 13.9 Å². The summed E-state index contributed by atoms with van der Waals surface area (Å²) in [6, 6.07) is 0. The highest BCUT2D eigenvalue weighted by atomic mass is 16.3. The summed E-state index contributed by atoms with van der Waals surface area (Å²) in [7, 11) is 2.04. The Morgan fingerprint density at radius 3 is 2.77 bits per heavy atom. The zero-order valence-corrected chi connectivity index (χ0v) is 15.5. The molecule has 140 valence electrons. The Kier molecular flexibility index (Phi) is 4.76. The molecule has 8 heteroatoms. The molecule has 0 aliphatic carbocycles. The number of carbonyl (C=O) groups is 1. The van der Waals surface area contributed by atoms with Gasteiger partial charge in [0.2, 0.25) is 5.76 Å². The third-order valence-corrected chi connectivity index (χ3v) is 5.58. The quantitative estimate of drug-likeness (QED) is 0.828. The second kappa shape index (κ2) is 7.19. The van der Waals surface area contributed by atoms with Crippen molar-refractivity contribution in [3.05, 3.63) is 29.5 Å². The van der Waals surface area contributed by atoms with Gasteiger partial charge >= 0.3 is 0 Å². The molecule has 0 saturated carbocycles. The molecule has 26 heavy (non-hydrogen) atoms. The number of rotatable bonds is 4. The van der Waals surface area contributed by atoms with Crippen LogP contribution < -0.4 is 0 Å². The van der Waals surface area contributed by atoms with Crippen LogP contribution in [0.5, 0.6) is 0 Å². The molecule has 2 saturated heterocycles. The molecule has 1 atom stereocenters. The minimum Gasteiger partial charge on any atom is -0.438 e. The monoisotopic (exact) mass is 358 g/mol. The molecule has 0 radical (unpaired) electrons. The maximum absolute atomic E-state index is 12.7. The fraction of sp³-hybridized carbons (Fsp3) is 0.667. The van der Waals surface area contributed by atoms with Gasteiger partial charge in [-0.2, -0.15) is 0 Å². The Balaban J connectivity index is 1.47. The number of hydrogen-bond acceptors (Lipinski definition) is 6. The smallest absolute Gasteiger partial charge is 0.291 e. The normalized spacial score (nSPS) is 21.5. The zero-order valence-electron chi connectivity index (χ0n) is 15.5. The van der Waals surface area contributed by atoms with Crippen molar-refractivity contribution >= 4 is 5.91 Å². The lowest BCUT2D eigenvalue weighted by Crippen LogP contribution is -2.39. The van der Waals surface area contributed by atoms with E-state index in [1.807, 2.05) is 11.9 Å². The Bertz CT molecular complexity index is 776. The first-order valence-electron chi connectivity index (χ1n) is 9.43. The van der Waals surface area contributed by atoms with Gasteiger partial charge in [0.05, 0.1) is 12.2 Å². The highest BCUT2D eigenvalue weighted by Gasteiger charge is 2.31. The molecule has 0 bridgehead atoms. The number of likely N-dealkylation sites (tertiary alicyclic amines) is 2. The predicted molar refractivity (Wildman–Crippen MR) is 94.6 cm³/mol. The summed E-state index contributed by atoms with van der Waals surface area (Å²) < 4.78 is 7.40. The van der Waals surface area contributed by atoms with E-state index in [0.717, 1.165) is 50.7 Å². The van der Waals surface area contributed by atoms with Gasteiger partial charge in [0.1, 0.15) is 11.6 Å². The second-order valence-electron chi connectivity index (χ2n) is 7.37. The van der Waals surface area contributed by atoms with Crippen molar-refractivity contribution in [1.29, 1.82) is 0 Å². The maximum Gasteiger partial charge on any atom is 0.291 e. The highest BCUT2D eigenvalue weighted by Crippen LogP contribution is 2.27. The fourth-order valence-electron chi connectivity index (χ4n) is 4.03. The molecular weight excluding hydrogens is 332 g/mol. The molecule has 4 heterocycles. The predicted octanol–water partition coefficient (Wildman–Crippen LogP) is 1.73. The summed E-state index contributed by atoms with van der Waals surface area (Å²) in [5.41, 5.74) is 0.642. The molecule has 0 N–H and O–H groups in total. The lowest BCUT2D eigenvalue weighted by molar-refractivity contribution is 0.0670. The van der Waals surface area contributed by atoms with Gasteiger partial charge in [-0.15, -0.1) is 10.2 Å². The van der Waals surface area contributed by atoms with Crippen LogP contribution in [0.4, 0.5) is 0 Å². The Morgan fingerprint density at radius 2 is 2.04 bits per heavy atom. The summed E-state index contributed by atoms with van der Waals surface area (Å²) in [6.45, 7) is 6.33. The molecule has 0 spiro atoms. The van der Waals surface area contributed by atoms with E-state index in [2.05, 4.69) is 24.6 Å².